The number of benzene rings is 6. The number of aromatic nitrogens is 6. The van der Waals surface area contributed by atoms with Gasteiger partial charge >= 0.3 is 61.0 Å². The molecule has 3 heterocycles. The van der Waals surface area contributed by atoms with Crippen molar-refractivity contribution >= 4 is 110 Å². The normalized spacial score (nSPS) is 9.42. The summed E-state index contributed by atoms with van der Waals surface area (Å²) in [5.41, 5.74) is 28.6. The topological polar surface area (TPSA) is 320 Å². The van der Waals surface area contributed by atoms with Crippen molar-refractivity contribution in [3.63, 3.8) is 0 Å². The number of nitrogens with one attached hydrogen (secondary N) is 3. The average Bonchev–Trinajstić information content (AvgIpc) is 1.73. The van der Waals surface area contributed by atoms with E-state index in [9.17, 15) is 19.2 Å². The van der Waals surface area contributed by atoms with Crippen molar-refractivity contribution in [2.75, 3.05) is 39.4 Å². The van der Waals surface area contributed by atoms with Gasteiger partial charge in [-0.15, -0.1) is 23.5 Å². The summed E-state index contributed by atoms with van der Waals surface area (Å²) in [6.45, 7) is 15.0. The zero-order chi connectivity index (χ0) is 73.1. The second kappa shape index (κ2) is 55.0. The molecule has 6 aromatic carbocycles. The van der Waals surface area contributed by atoms with Crippen LogP contribution in [0.4, 0.5) is 5.82 Å². The van der Waals surface area contributed by atoms with Crippen LogP contribution in [-0.2, 0) is 51.8 Å². The van der Waals surface area contributed by atoms with Crippen molar-refractivity contribution in [1.29, 1.82) is 5.26 Å². The van der Waals surface area contributed by atoms with Gasteiger partial charge in [0, 0.05) is 54.2 Å². The predicted molar refractivity (Wildman–Crippen MR) is 412 cm³/mol. The standard InChI is InChI=1S/C12H14N2S.C12H14N2.C11H13N3.C11H12O2S.C11H12O2.C10H9N.3CH6N2.2HI.O2S.V/c1-9-8-12(14(2)13-9)10-4-6-11(15-3)7-5-10;1-9-4-6-11(7-5-9)12-8-10(2)13-14(12)3;1-8-3-5-9(6-4-8)10-7-11(12)13-14(10)2;1-8(12)7-11(13)9-3-5-10(14-2)6-4-9;1-8-3-5-10(6-4-8)11(13)7-9(2)12;1-9-4-6-10(7-5-9)3-2-8-11;3*1-3-2;;;1-3-2;/h4-8H,1-3H3;4-8H,1-3H3;3-7H,1-2H3,(H2,12,13);3-6H,7H2,1-2H3;3-6H,7H2,1-2H3;2-7H,1H3;3*3H,2H2,1H3;2*1H;;/q;;;;;;;;;;;;+2/p-2/b;;;;;3-2+;;;;;;;. The van der Waals surface area contributed by atoms with Gasteiger partial charge in [0.2, 0.25) is 0 Å². The number of nitriles is 1. The molecule has 0 unspecified atom stereocenters. The minimum atomic E-state index is -0.750. The molecule has 0 radical (unpaired) electrons. The van der Waals surface area contributed by atoms with Gasteiger partial charge in [0.1, 0.15) is 17.4 Å². The van der Waals surface area contributed by atoms with E-state index in [0.29, 0.717) is 26.4 Å². The van der Waals surface area contributed by atoms with Crippen LogP contribution in [0, 0.1) is 52.9 Å². The van der Waals surface area contributed by atoms with Crippen LogP contribution >= 0.6 is 63.5 Å². The van der Waals surface area contributed by atoms with Gasteiger partial charge in [-0.25, -0.2) is 0 Å². The van der Waals surface area contributed by atoms with E-state index < -0.39 is 11.6 Å². The second-order valence-electron chi connectivity index (χ2n) is 20.2. The molecule has 20 nitrogen and oxygen atoms in total. The number of anilines is 1. The average molecular weight is 1630 g/mol. The Bertz CT molecular complexity index is 3650. The molecule has 0 bridgehead atoms. The predicted octanol–water partition coefficient (Wildman–Crippen LogP) is 13.4. The SMILES string of the molecule is CC(=O)CC(=O)c1ccc(C)cc1.CNN.CNN.CNN.CSc1ccc(-c2cc(C)nn2C)cc1.CSc1ccc(C(=O)CC(C)=O)cc1.Cc1ccc(-c2cc(C)nn2C)cc1.Cc1ccc(-c2cc(N)nn2C)cc1.Cc1ccc(/C=C/C#N)cc1.O=S=O.[I][V][I]. The molecule has 0 amide bonds. The number of ketones is 4. The van der Waals surface area contributed by atoms with E-state index in [1.807, 2.05) is 125 Å². The molecule has 3 aromatic heterocycles. The summed E-state index contributed by atoms with van der Waals surface area (Å²) in [5, 5.41) is 21.0. The van der Waals surface area contributed by atoms with Crippen LogP contribution < -0.4 is 39.5 Å². The molecule has 11 N–H and O–H groups in total. The zero-order valence-electron chi connectivity index (χ0n) is 57.5. The van der Waals surface area contributed by atoms with E-state index in [1.54, 1.807) is 79.7 Å². The molecule has 0 aliphatic rings. The molecular formula is C70H92I2N14O6S3V. The summed E-state index contributed by atoms with van der Waals surface area (Å²) >= 11 is 7.37. The molecule has 0 aliphatic carbocycles. The maximum absolute atomic E-state index is 11.4. The Kier molecular flexibility index (Phi) is 52.2. The Morgan fingerprint density at radius 3 is 1.03 bits per heavy atom. The number of halogens is 2. The molecule has 515 valence electrons. The number of nitrogens with two attached hydrogens (primary N) is 4. The van der Waals surface area contributed by atoms with Crippen molar-refractivity contribution < 1.29 is 37.1 Å². The van der Waals surface area contributed by atoms with Crippen LogP contribution in [0.2, 0.25) is 0 Å². The van der Waals surface area contributed by atoms with E-state index in [2.05, 4.69) is 194 Å². The number of rotatable bonds is 12. The first-order chi connectivity index (χ1) is 45.7. The van der Waals surface area contributed by atoms with E-state index in [0.717, 1.165) is 38.7 Å². The number of carbonyl (C=O) groups is 4. The molecule has 9 aromatic rings. The number of carbonyl (C=O) groups excluding carboxylic acids is 4. The van der Waals surface area contributed by atoms with E-state index >= 15 is 0 Å². The van der Waals surface area contributed by atoms with Gasteiger partial charge in [0.15, 0.2) is 11.6 Å². The number of hydrogen-bond acceptors (Lipinski definition) is 19. The summed E-state index contributed by atoms with van der Waals surface area (Å²) in [7, 11) is 11.4. The molecule has 9 rings (SSSR count). The number of Topliss-reactive ketones (excluding diaryl/α,β-unsaturated/α-hetero) is 4. The molecule has 0 aliphatic heterocycles. The van der Waals surface area contributed by atoms with Gasteiger partial charge in [0.25, 0.3) is 0 Å². The number of nitrogens with zero attached hydrogens (tertiary/aromatic N) is 7. The zero-order valence-corrected chi connectivity index (χ0v) is 65.6. The Morgan fingerprint density at radius 1 is 0.510 bits per heavy atom. The van der Waals surface area contributed by atoms with Crippen molar-refractivity contribution in [3.05, 3.63) is 220 Å². The quantitative estimate of drug-likeness (QED) is 0.0114. The van der Waals surface area contributed by atoms with E-state index in [-0.39, 0.29) is 36.0 Å². The Labute approximate surface area is 608 Å². The summed E-state index contributed by atoms with van der Waals surface area (Å²) in [6, 6.07) is 56.0. The van der Waals surface area contributed by atoms with Crippen LogP contribution in [0.1, 0.15) is 86.6 Å². The van der Waals surface area contributed by atoms with Crippen LogP contribution in [0.5, 0.6) is 0 Å². The van der Waals surface area contributed by atoms with Crippen LogP contribution in [0.15, 0.2) is 180 Å². The van der Waals surface area contributed by atoms with Gasteiger partial charge in [-0.3, -0.25) is 67.0 Å². The molecule has 0 fully saturated rings. The number of allylic oxidation sites excluding steroid dienone is 1. The number of hydrogen-bond donors (Lipinski definition) is 7. The maximum atomic E-state index is 11.4. The first kappa shape index (κ1) is 91.0. The fourth-order valence-electron chi connectivity index (χ4n) is 7.72. The fourth-order valence-corrected chi connectivity index (χ4v) is 8.53. The number of thioether (sulfide) groups is 2. The monoisotopic (exact) mass is 1630 g/mol. The number of hydrazine groups is 3. The third-order valence-corrected chi connectivity index (χ3v) is 13.5. The summed E-state index contributed by atoms with van der Waals surface area (Å²) in [4.78, 5) is 46.6. The first-order valence-electron chi connectivity index (χ1n) is 29.1. The minimum absolute atomic E-state index is 0.00137. The van der Waals surface area contributed by atoms with Crippen LogP contribution in [-0.4, -0.2) is 94.5 Å². The van der Waals surface area contributed by atoms with Gasteiger partial charge in [-0.1, -0.05) is 144 Å². The molecular weight excluding hydrogens is 1530 g/mol. The summed E-state index contributed by atoms with van der Waals surface area (Å²) < 4.78 is 22.2. The van der Waals surface area contributed by atoms with Gasteiger partial charge < -0.3 is 5.73 Å². The van der Waals surface area contributed by atoms with Crippen molar-refractivity contribution in [3.8, 4) is 39.8 Å². The number of nitrogen functional groups attached to an aromatic ring is 1. The van der Waals surface area contributed by atoms with E-state index in [4.69, 9.17) is 19.4 Å². The molecule has 0 saturated carbocycles. The Morgan fingerprint density at radius 2 is 0.771 bits per heavy atom. The fraction of sp³-hybridized carbons (Fsp3) is 0.257. The molecule has 0 atom stereocenters. The van der Waals surface area contributed by atoms with Crippen molar-refractivity contribution in [1.82, 2.24) is 45.6 Å². The molecule has 0 saturated heterocycles. The third-order valence-electron chi connectivity index (χ3n) is 12.0. The molecule has 26 heteroatoms. The Balaban J connectivity index is 0. The second-order valence-corrected chi connectivity index (χ2v) is 33.9. The van der Waals surface area contributed by atoms with Gasteiger partial charge in [-0.2, -0.15) is 29.0 Å². The van der Waals surface area contributed by atoms with Crippen molar-refractivity contribution in [2.24, 2.45) is 38.7 Å². The first-order valence-corrected chi connectivity index (χ1v) is 41.2. The van der Waals surface area contributed by atoms with Gasteiger partial charge in [0.05, 0.1) is 47.4 Å². The molecule has 96 heavy (non-hydrogen) atoms. The number of aryl methyl sites for hydroxylation is 9. The third kappa shape index (κ3) is 41.2. The van der Waals surface area contributed by atoms with Crippen molar-refractivity contribution in [2.45, 2.75) is 78.0 Å². The summed E-state index contributed by atoms with van der Waals surface area (Å²) in [5.74, 6) is 14.0. The van der Waals surface area contributed by atoms with Crippen LogP contribution in [0.3, 0.4) is 0 Å². The van der Waals surface area contributed by atoms with Crippen LogP contribution in [0.25, 0.3) is 39.8 Å². The Hall–Kier alpha value is -7.02. The molecule has 0 spiro atoms. The van der Waals surface area contributed by atoms with E-state index in [1.165, 1.54) is 64.0 Å². The summed E-state index contributed by atoms with van der Waals surface area (Å²) in [6.07, 6.45) is 7.33. The van der Waals surface area contributed by atoms with Gasteiger partial charge in [-0.05, 0) is 154 Å².